The molecule has 5 heteroatoms. The Hall–Kier alpha value is -0.910. The van der Waals surface area contributed by atoms with Gasteiger partial charge in [0.2, 0.25) is 10.0 Å². The van der Waals surface area contributed by atoms with Crippen LogP contribution in [0.25, 0.3) is 0 Å². The van der Waals surface area contributed by atoms with E-state index in [1.54, 1.807) is 7.05 Å². The van der Waals surface area contributed by atoms with Gasteiger partial charge in [-0.15, -0.1) is 0 Å². The smallest absolute Gasteiger partial charge is 0.243 e. The van der Waals surface area contributed by atoms with Gasteiger partial charge in [0.15, 0.2) is 0 Å². The molecule has 0 aliphatic heterocycles. The van der Waals surface area contributed by atoms with Gasteiger partial charge in [-0.2, -0.15) is 4.31 Å². The number of hydrogen-bond acceptors (Lipinski definition) is 3. The van der Waals surface area contributed by atoms with E-state index in [0.717, 1.165) is 29.5 Å². The van der Waals surface area contributed by atoms with Crippen LogP contribution in [0.1, 0.15) is 29.5 Å². The zero-order chi connectivity index (χ0) is 15.1. The van der Waals surface area contributed by atoms with Gasteiger partial charge in [0.1, 0.15) is 0 Å². The number of hydrogen-bond donors (Lipinski definition) is 1. The molecule has 1 saturated carbocycles. The molecule has 1 aliphatic rings. The number of rotatable bonds is 5. The fourth-order valence-corrected chi connectivity index (χ4v) is 4.85. The molecule has 0 spiro atoms. The van der Waals surface area contributed by atoms with Crippen LogP contribution in [-0.2, 0) is 10.0 Å². The first-order chi connectivity index (χ1) is 9.28. The van der Waals surface area contributed by atoms with Crippen LogP contribution in [0.3, 0.4) is 0 Å². The first kappa shape index (κ1) is 15.5. The molecule has 1 atom stereocenters. The second kappa shape index (κ2) is 5.47. The Morgan fingerprint density at radius 1 is 1.25 bits per heavy atom. The molecule has 2 N–H and O–H groups in total. The highest BCUT2D eigenvalue weighted by Gasteiger charge is 2.38. The summed E-state index contributed by atoms with van der Waals surface area (Å²) in [7, 11) is -1.82. The van der Waals surface area contributed by atoms with E-state index in [1.165, 1.54) is 4.31 Å². The average Bonchev–Trinajstić information content (AvgIpc) is 3.12. The van der Waals surface area contributed by atoms with Crippen molar-refractivity contribution in [2.45, 2.75) is 44.6 Å². The minimum Gasteiger partial charge on any atom is -0.329 e. The second-order valence-electron chi connectivity index (χ2n) is 5.89. The Balaban J connectivity index is 2.44. The van der Waals surface area contributed by atoms with E-state index in [2.05, 4.69) is 0 Å². The molecule has 1 fully saturated rings. The number of sulfonamides is 1. The molecule has 1 aliphatic carbocycles. The molecule has 1 unspecified atom stereocenters. The van der Waals surface area contributed by atoms with Gasteiger partial charge in [0.05, 0.1) is 4.90 Å². The van der Waals surface area contributed by atoms with E-state index in [9.17, 15) is 8.42 Å². The van der Waals surface area contributed by atoms with Gasteiger partial charge in [0.25, 0.3) is 0 Å². The van der Waals surface area contributed by atoms with Crippen molar-refractivity contribution in [2.24, 2.45) is 11.7 Å². The van der Waals surface area contributed by atoms with Crippen LogP contribution < -0.4 is 5.73 Å². The number of nitrogens with two attached hydrogens (primary N) is 1. The quantitative estimate of drug-likeness (QED) is 0.903. The third-order valence-electron chi connectivity index (χ3n) is 4.12. The van der Waals surface area contributed by atoms with Gasteiger partial charge in [-0.1, -0.05) is 17.7 Å². The van der Waals surface area contributed by atoms with E-state index in [0.29, 0.717) is 17.4 Å². The normalized spacial score (nSPS) is 17.5. The first-order valence-corrected chi connectivity index (χ1v) is 8.49. The standard InChI is InChI=1S/C15H24N2O2S/c1-10-7-11(2)15(12(3)8-10)20(18,19)17(4)14(9-16)13-5-6-13/h7-8,13-14H,5-6,9,16H2,1-4H3. The van der Waals surface area contributed by atoms with Crippen LogP contribution in [0.5, 0.6) is 0 Å². The maximum Gasteiger partial charge on any atom is 0.243 e. The summed E-state index contributed by atoms with van der Waals surface area (Å²) in [4.78, 5) is 0.435. The van der Waals surface area contributed by atoms with Crippen molar-refractivity contribution in [3.05, 3.63) is 28.8 Å². The van der Waals surface area contributed by atoms with Crippen LogP contribution in [0.15, 0.2) is 17.0 Å². The summed E-state index contributed by atoms with van der Waals surface area (Å²) in [5.74, 6) is 0.422. The topological polar surface area (TPSA) is 63.4 Å². The minimum absolute atomic E-state index is 0.0832. The van der Waals surface area contributed by atoms with Crippen LogP contribution in [0.4, 0.5) is 0 Å². The highest BCUT2D eigenvalue weighted by Crippen LogP contribution is 2.37. The van der Waals surface area contributed by atoms with Crippen molar-refractivity contribution < 1.29 is 8.42 Å². The lowest BCUT2D eigenvalue weighted by Gasteiger charge is -2.28. The van der Waals surface area contributed by atoms with Crippen molar-refractivity contribution in [3.63, 3.8) is 0 Å². The van der Waals surface area contributed by atoms with Gasteiger partial charge >= 0.3 is 0 Å². The summed E-state index contributed by atoms with van der Waals surface area (Å²) in [5, 5.41) is 0. The Morgan fingerprint density at radius 2 is 1.75 bits per heavy atom. The van der Waals surface area contributed by atoms with Gasteiger partial charge < -0.3 is 5.73 Å². The van der Waals surface area contributed by atoms with Crippen molar-refractivity contribution in [2.75, 3.05) is 13.6 Å². The monoisotopic (exact) mass is 296 g/mol. The molecule has 0 heterocycles. The summed E-state index contributed by atoms with van der Waals surface area (Å²) in [5.41, 5.74) is 8.48. The summed E-state index contributed by atoms with van der Waals surface area (Å²) >= 11 is 0. The SMILES string of the molecule is Cc1cc(C)c(S(=O)(=O)N(C)C(CN)C2CC2)c(C)c1. The minimum atomic E-state index is -3.48. The van der Waals surface area contributed by atoms with Crippen LogP contribution >= 0.6 is 0 Å². The van der Waals surface area contributed by atoms with Gasteiger partial charge in [-0.25, -0.2) is 8.42 Å². The van der Waals surface area contributed by atoms with E-state index in [1.807, 2.05) is 32.9 Å². The Labute approximate surface area is 122 Å². The van der Waals surface area contributed by atoms with Crippen LogP contribution in [0.2, 0.25) is 0 Å². The molecule has 0 saturated heterocycles. The molecular weight excluding hydrogens is 272 g/mol. The number of aryl methyl sites for hydroxylation is 3. The summed E-state index contributed by atoms with van der Waals surface area (Å²) in [6.45, 7) is 6.07. The number of likely N-dealkylation sites (N-methyl/N-ethyl adjacent to an activating group) is 1. The lowest BCUT2D eigenvalue weighted by Crippen LogP contribution is -2.43. The highest BCUT2D eigenvalue weighted by atomic mass is 32.2. The van der Waals surface area contributed by atoms with Gasteiger partial charge in [-0.05, 0) is 50.7 Å². The molecule has 1 aromatic carbocycles. The molecule has 20 heavy (non-hydrogen) atoms. The predicted molar refractivity (Wildman–Crippen MR) is 81.2 cm³/mol. The number of benzene rings is 1. The van der Waals surface area contributed by atoms with E-state index in [4.69, 9.17) is 5.73 Å². The summed E-state index contributed by atoms with van der Waals surface area (Å²) in [6.07, 6.45) is 2.15. The maximum atomic E-state index is 12.9. The molecular formula is C15H24N2O2S. The van der Waals surface area contributed by atoms with Gasteiger partial charge in [0, 0.05) is 19.6 Å². The third-order valence-corrected chi connectivity index (χ3v) is 6.31. The van der Waals surface area contributed by atoms with Crippen molar-refractivity contribution in [1.29, 1.82) is 0 Å². The largest absolute Gasteiger partial charge is 0.329 e. The van der Waals surface area contributed by atoms with Crippen molar-refractivity contribution >= 4 is 10.0 Å². The van der Waals surface area contributed by atoms with Crippen molar-refractivity contribution in [1.82, 2.24) is 4.31 Å². The highest BCUT2D eigenvalue weighted by molar-refractivity contribution is 7.89. The molecule has 0 bridgehead atoms. The zero-order valence-corrected chi connectivity index (χ0v) is 13.5. The van der Waals surface area contributed by atoms with Crippen molar-refractivity contribution in [3.8, 4) is 0 Å². The molecule has 4 nitrogen and oxygen atoms in total. The molecule has 0 aromatic heterocycles. The Morgan fingerprint density at radius 3 is 2.15 bits per heavy atom. The number of nitrogens with zero attached hydrogens (tertiary/aromatic N) is 1. The van der Waals surface area contributed by atoms with Crippen LogP contribution in [0, 0.1) is 26.7 Å². The lowest BCUT2D eigenvalue weighted by molar-refractivity contribution is 0.340. The average molecular weight is 296 g/mol. The summed E-state index contributed by atoms with van der Waals surface area (Å²) < 4.78 is 27.3. The van der Waals surface area contributed by atoms with E-state index < -0.39 is 10.0 Å². The van der Waals surface area contributed by atoms with Crippen LogP contribution in [-0.4, -0.2) is 32.4 Å². The first-order valence-electron chi connectivity index (χ1n) is 7.05. The molecule has 1 aromatic rings. The maximum absolute atomic E-state index is 12.9. The fraction of sp³-hybridized carbons (Fsp3) is 0.600. The Bertz CT molecular complexity index is 583. The zero-order valence-electron chi connectivity index (χ0n) is 12.7. The van der Waals surface area contributed by atoms with E-state index in [-0.39, 0.29) is 6.04 Å². The fourth-order valence-electron chi connectivity index (χ4n) is 3.01. The predicted octanol–water partition coefficient (Wildman–Crippen LogP) is 1.97. The molecule has 0 amide bonds. The third kappa shape index (κ3) is 2.75. The second-order valence-corrected chi connectivity index (χ2v) is 7.82. The van der Waals surface area contributed by atoms with Gasteiger partial charge in [-0.3, -0.25) is 0 Å². The summed E-state index contributed by atoms with van der Waals surface area (Å²) in [6, 6.07) is 3.75. The lowest BCUT2D eigenvalue weighted by atomic mass is 10.1. The molecule has 2 rings (SSSR count). The molecule has 112 valence electrons. The molecule has 0 radical (unpaired) electrons. The van der Waals surface area contributed by atoms with E-state index >= 15 is 0 Å². The Kier molecular flexibility index (Phi) is 4.23.